The van der Waals surface area contributed by atoms with Gasteiger partial charge < -0.3 is 54.8 Å². The molecule has 9 N–H and O–H groups in total. The highest BCUT2D eigenvalue weighted by molar-refractivity contribution is 5.88. The number of hydrogen-bond donors (Lipinski definition) is 9. The molecule has 13 nitrogen and oxygen atoms in total. The van der Waals surface area contributed by atoms with Crippen LogP contribution in [0.4, 0.5) is 0 Å². The summed E-state index contributed by atoms with van der Waals surface area (Å²) in [5.41, 5.74) is -1.43. The fourth-order valence-corrected chi connectivity index (χ4v) is 4.20. The number of hydrogen-bond acceptors (Lipinski definition) is 13. The van der Waals surface area contributed by atoms with Crippen molar-refractivity contribution in [3.8, 4) is 74.4 Å². The highest BCUT2D eigenvalue weighted by Gasteiger charge is 2.21. The lowest BCUT2D eigenvalue weighted by Gasteiger charge is -2.09. The average molecular weight is 588 g/mol. The van der Waals surface area contributed by atoms with E-state index < -0.39 is 51.1 Å². The van der Waals surface area contributed by atoms with Gasteiger partial charge in [0.1, 0.15) is 28.1 Å². The third-order valence-electron chi connectivity index (χ3n) is 6.32. The first-order valence-corrected chi connectivity index (χ1v) is 12.1. The SMILES string of the molecule is O=c1c(O)c(-c2ccc(O)c(O)c2)oc2cc(O)cc(O)c12.O=c1c(O)c(-c2ccc(O)c(O)c2O)oc2ccccc12. The summed E-state index contributed by atoms with van der Waals surface area (Å²) in [7, 11) is 0. The van der Waals surface area contributed by atoms with E-state index in [0.29, 0.717) is 0 Å². The maximum Gasteiger partial charge on any atom is 0.238 e. The first kappa shape index (κ1) is 28.0. The molecule has 0 atom stereocenters. The predicted molar refractivity (Wildman–Crippen MR) is 151 cm³/mol. The molecule has 0 unspecified atom stereocenters. The van der Waals surface area contributed by atoms with Crippen LogP contribution in [0.15, 0.2) is 85.2 Å². The lowest BCUT2D eigenvalue weighted by Crippen LogP contribution is -2.02. The van der Waals surface area contributed by atoms with Gasteiger partial charge in [0.15, 0.2) is 34.5 Å². The van der Waals surface area contributed by atoms with Crippen LogP contribution in [0.25, 0.3) is 44.6 Å². The zero-order valence-corrected chi connectivity index (χ0v) is 21.5. The van der Waals surface area contributed by atoms with E-state index in [4.69, 9.17) is 8.83 Å². The maximum absolute atomic E-state index is 12.1. The maximum atomic E-state index is 12.1. The number of aromatic hydroxyl groups is 9. The van der Waals surface area contributed by atoms with Crippen molar-refractivity contribution >= 4 is 21.9 Å². The van der Waals surface area contributed by atoms with Crippen LogP contribution in [-0.2, 0) is 0 Å². The molecule has 6 rings (SSSR count). The van der Waals surface area contributed by atoms with Crippen molar-refractivity contribution in [3.05, 3.63) is 87.2 Å². The summed E-state index contributed by atoms with van der Waals surface area (Å²) in [6.07, 6.45) is 0. The minimum atomic E-state index is -0.888. The topological polar surface area (TPSA) is 242 Å². The zero-order chi connectivity index (χ0) is 31.2. The fourth-order valence-electron chi connectivity index (χ4n) is 4.20. The first-order valence-electron chi connectivity index (χ1n) is 12.1. The van der Waals surface area contributed by atoms with Crippen molar-refractivity contribution in [3.63, 3.8) is 0 Å². The molecule has 6 aromatic rings. The van der Waals surface area contributed by atoms with Crippen molar-refractivity contribution in [2.75, 3.05) is 0 Å². The third kappa shape index (κ3) is 4.86. The van der Waals surface area contributed by atoms with Crippen molar-refractivity contribution < 1.29 is 54.8 Å². The van der Waals surface area contributed by atoms with Crippen LogP contribution in [0.1, 0.15) is 0 Å². The van der Waals surface area contributed by atoms with Crippen molar-refractivity contribution in [2.45, 2.75) is 0 Å². The van der Waals surface area contributed by atoms with Crippen LogP contribution in [0.2, 0.25) is 0 Å². The second-order valence-corrected chi connectivity index (χ2v) is 9.08. The van der Waals surface area contributed by atoms with Gasteiger partial charge in [-0.05, 0) is 42.5 Å². The standard InChI is InChI=1S/C15H10O7.C15H10O6/c16-7-4-10(19)12-11(5-7)22-15(14(21)13(12)20)6-1-2-8(17)9(18)3-6;16-9-6-5-8(12(18)13(9)19)15-14(20)11(17)7-3-1-2-4-10(7)21-15/h1-5,16-19,21H;1-6,16,18-20H. The Morgan fingerprint density at radius 3 is 1.86 bits per heavy atom. The van der Waals surface area contributed by atoms with Crippen LogP contribution < -0.4 is 10.9 Å². The van der Waals surface area contributed by atoms with Crippen molar-refractivity contribution in [1.82, 2.24) is 0 Å². The molecule has 0 amide bonds. The van der Waals surface area contributed by atoms with Crippen LogP contribution in [0.3, 0.4) is 0 Å². The predicted octanol–water partition coefficient (Wildman–Crippen LogP) is 4.27. The quantitative estimate of drug-likeness (QED) is 0.128. The van der Waals surface area contributed by atoms with Gasteiger partial charge >= 0.3 is 0 Å². The lowest BCUT2D eigenvalue weighted by atomic mass is 10.1. The molecule has 0 aliphatic heterocycles. The fraction of sp³-hybridized carbons (Fsp3) is 0. The van der Waals surface area contributed by atoms with Gasteiger partial charge in [-0.2, -0.15) is 0 Å². The Hall–Kier alpha value is -6.50. The minimum absolute atomic E-state index is 0.106. The van der Waals surface area contributed by atoms with E-state index in [-0.39, 0.29) is 56.1 Å². The molecule has 0 fully saturated rings. The molecule has 2 heterocycles. The molecule has 43 heavy (non-hydrogen) atoms. The van der Waals surface area contributed by atoms with Crippen molar-refractivity contribution in [2.24, 2.45) is 0 Å². The molecule has 2 aromatic heterocycles. The van der Waals surface area contributed by atoms with Crippen LogP contribution in [0.5, 0.6) is 51.7 Å². The van der Waals surface area contributed by atoms with Crippen LogP contribution in [0, 0.1) is 0 Å². The summed E-state index contributed by atoms with van der Waals surface area (Å²) >= 11 is 0. The van der Waals surface area contributed by atoms with Gasteiger partial charge in [0.2, 0.25) is 28.1 Å². The van der Waals surface area contributed by atoms with Gasteiger partial charge in [0, 0.05) is 17.7 Å². The molecule has 0 saturated heterocycles. The van der Waals surface area contributed by atoms with Gasteiger partial charge in [0.25, 0.3) is 0 Å². The van der Waals surface area contributed by atoms with E-state index in [1.165, 1.54) is 24.3 Å². The summed E-state index contributed by atoms with van der Waals surface area (Å²) in [4.78, 5) is 24.2. The first-order chi connectivity index (χ1) is 20.4. The number of rotatable bonds is 2. The largest absolute Gasteiger partial charge is 0.508 e. The number of fused-ring (bicyclic) bond motifs is 2. The Kier molecular flexibility index (Phi) is 6.83. The Morgan fingerprint density at radius 1 is 0.488 bits per heavy atom. The van der Waals surface area contributed by atoms with Crippen molar-refractivity contribution in [1.29, 1.82) is 0 Å². The third-order valence-corrected chi connectivity index (χ3v) is 6.32. The summed E-state index contributed by atoms with van der Waals surface area (Å²) in [6, 6.07) is 14.3. The smallest absolute Gasteiger partial charge is 0.238 e. The molecular weight excluding hydrogens is 568 g/mol. The summed E-state index contributed by atoms with van der Waals surface area (Å²) in [5.74, 6) is -5.67. The molecular formula is C30H20O13. The summed E-state index contributed by atoms with van der Waals surface area (Å²) in [5, 5.41) is 86.5. The highest BCUT2D eigenvalue weighted by Crippen LogP contribution is 2.44. The molecule has 0 saturated carbocycles. The van der Waals surface area contributed by atoms with E-state index in [2.05, 4.69) is 0 Å². The zero-order valence-electron chi connectivity index (χ0n) is 21.5. The van der Waals surface area contributed by atoms with Gasteiger partial charge in [-0.3, -0.25) is 9.59 Å². The molecule has 0 aliphatic rings. The second kappa shape index (κ2) is 10.5. The Balaban J connectivity index is 0.000000171. The lowest BCUT2D eigenvalue weighted by molar-refractivity contribution is 0.367. The molecule has 0 aliphatic carbocycles. The van der Waals surface area contributed by atoms with Crippen LogP contribution in [-0.4, -0.2) is 46.0 Å². The normalized spacial score (nSPS) is 10.9. The van der Waals surface area contributed by atoms with E-state index in [1.54, 1.807) is 12.1 Å². The molecule has 218 valence electrons. The second-order valence-electron chi connectivity index (χ2n) is 9.08. The monoisotopic (exact) mass is 588 g/mol. The minimum Gasteiger partial charge on any atom is -0.508 e. The number of phenolic OH excluding ortho intramolecular Hbond substituents is 7. The Morgan fingerprint density at radius 2 is 1.14 bits per heavy atom. The molecule has 13 heteroatoms. The summed E-state index contributed by atoms with van der Waals surface area (Å²) in [6.45, 7) is 0. The number of benzene rings is 4. The van der Waals surface area contributed by atoms with Crippen LogP contribution >= 0.6 is 0 Å². The van der Waals surface area contributed by atoms with E-state index in [0.717, 1.165) is 30.3 Å². The Bertz CT molecular complexity index is 2180. The van der Waals surface area contributed by atoms with E-state index in [1.807, 2.05) is 0 Å². The van der Waals surface area contributed by atoms with Gasteiger partial charge in [-0.25, -0.2) is 0 Å². The van der Waals surface area contributed by atoms with Gasteiger partial charge in [-0.1, -0.05) is 12.1 Å². The van der Waals surface area contributed by atoms with Gasteiger partial charge in [0.05, 0.1) is 10.9 Å². The number of para-hydroxylation sites is 1. The molecule has 0 bridgehead atoms. The molecule has 0 spiro atoms. The van der Waals surface area contributed by atoms with E-state index >= 15 is 0 Å². The molecule has 0 radical (unpaired) electrons. The molecule has 4 aromatic carbocycles. The average Bonchev–Trinajstić information content (AvgIpc) is 2.97. The van der Waals surface area contributed by atoms with E-state index in [9.17, 15) is 55.5 Å². The highest BCUT2D eigenvalue weighted by atomic mass is 16.4. The summed E-state index contributed by atoms with van der Waals surface area (Å²) < 4.78 is 10.8. The number of phenols is 7. The Labute approximate surface area is 238 Å². The van der Waals surface area contributed by atoms with Gasteiger partial charge in [-0.15, -0.1) is 0 Å².